The molecule has 2 rings (SSSR count). The molecule has 0 saturated heterocycles. The summed E-state index contributed by atoms with van der Waals surface area (Å²) in [5.74, 6) is 0.0908. The van der Waals surface area contributed by atoms with Gasteiger partial charge >= 0.3 is 0 Å². The molecule has 76 valence electrons. The van der Waals surface area contributed by atoms with Gasteiger partial charge < -0.3 is 5.11 Å². The number of halogens is 2. The molecule has 1 aromatic rings. The largest absolute Gasteiger partial charge is 0.391 e. The maximum Gasteiger partial charge on any atom is 0.127 e. The van der Waals surface area contributed by atoms with Crippen molar-refractivity contribution in [2.45, 2.75) is 23.8 Å². The summed E-state index contributed by atoms with van der Waals surface area (Å²) in [5.41, 5.74) is 0.548. The summed E-state index contributed by atoms with van der Waals surface area (Å²) in [6.07, 6.45) is 1.64. The molecular formula is C11H12BrFO. The maximum atomic E-state index is 13.3. The van der Waals surface area contributed by atoms with Crippen molar-refractivity contribution < 1.29 is 9.50 Å². The molecule has 0 spiro atoms. The van der Waals surface area contributed by atoms with Crippen LogP contribution in [0.15, 0.2) is 24.3 Å². The van der Waals surface area contributed by atoms with Gasteiger partial charge in [0.25, 0.3) is 0 Å². The second kappa shape index (κ2) is 3.99. The monoisotopic (exact) mass is 258 g/mol. The Balaban J connectivity index is 2.17. The highest BCUT2D eigenvalue weighted by Crippen LogP contribution is 2.42. The van der Waals surface area contributed by atoms with Crippen molar-refractivity contribution in [3.63, 3.8) is 0 Å². The van der Waals surface area contributed by atoms with Gasteiger partial charge in [-0.15, -0.1) is 0 Å². The van der Waals surface area contributed by atoms with Gasteiger partial charge in [-0.3, -0.25) is 0 Å². The fourth-order valence-electron chi connectivity index (χ4n) is 1.56. The quantitative estimate of drug-likeness (QED) is 0.827. The van der Waals surface area contributed by atoms with Crippen LogP contribution in [-0.2, 0) is 0 Å². The van der Waals surface area contributed by atoms with Crippen molar-refractivity contribution >= 4 is 15.9 Å². The van der Waals surface area contributed by atoms with E-state index in [0.29, 0.717) is 11.5 Å². The number of hydrogen-bond acceptors (Lipinski definition) is 1. The van der Waals surface area contributed by atoms with E-state index in [1.54, 1.807) is 18.2 Å². The molecule has 0 amide bonds. The van der Waals surface area contributed by atoms with E-state index in [9.17, 15) is 9.50 Å². The van der Waals surface area contributed by atoms with Crippen LogP contribution in [0.1, 0.15) is 23.2 Å². The SMILES string of the molecule is OC(C1CC1)C(Br)c1ccccc1F. The zero-order valence-electron chi connectivity index (χ0n) is 7.66. The Kier molecular flexibility index (Phi) is 2.88. The minimum absolute atomic E-state index is 0.255. The molecule has 2 unspecified atom stereocenters. The summed E-state index contributed by atoms with van der Waals surface area (Å²) in [5, 5.41) is 9.82. The lowest BCUT2D eigenvalue weighted by molar-refractivity contribution is 0.149. The minimum atomic E-state index is -0.466. The molecular weight excluding hydrogens is 247 g/mol. The predicted octanol–water partition coefficient (Wildman–Crippen LogP) is 3.03. The van der Waals surface area contributed by atoms with Crippen LogP contribution in [0.2, 0.25) is 0 Å². The average molecular weight is 259 g/mol. The van der Waals surface area contributed by atoms with Gasteiger partial charge in [0.1, 0.15) is 5.82 Å². The predicted molar refractivity (Wildman–Crippen MR) is 56.8 cm³/mol. The minimum Gasteiger partial charge on any atom is -0.391 e. The molecule has 0 heterocycles. The van der Waals surface area contributed by atoms with Gasteiger partial charge in [-0.25, -0.2) is 4.39 Å². The van der Waals surface area contributed by atoms with Gasteiger partial charge in [-0.2, -0.15) is 0 Å². The summed E-state index contributed by atoms with van der Waals surface area (Å²) >= 11 is 3.35. The van der Waals surface area contributed by atoms with E-state index in [1.807, 2.05) is 0 Å². The lowest BCUT2D eigenvalue weighted by Crippen LogP contribution is -2.16. The number of hydrogen-bond donors (Lipinski definition) is 1. The molecule has 1 aliphatic rings. The number of alkyl halides is 1. The topological polar surface area (TPSA) is 20.2 Å². The summed E-state index contributed by atoms with van der Waals surface area (Å²) in [6, 6.07) is 6.57. The number of benzene rings is 1. The molecule has 14 heavy (non-hydrogen) atoms. The van der Waals surface area contributed by atoms with E-state index in [4.69, 9.17) is 0 Å². The summed E-state index contributed by atoms with van der Waals surface area (Å²) in [7, 11) is 0. The van der Waals surface area contributed by atoms with Gasteiger partial charge in [0.15, 0.2) is 0 Å². The van der Waals surface area contributed by atoms with Crippen LogP contribution in [-0.4, -0.2) is 11.2 Å². The van der Waals surface area contributed by atoms with E-state index in [1.165, 1.54) is 6.07 Å². The van der Waals surface area contributed by atoms with Crippen molar-refractivity contribution in [3.8, 4) is 0 Å². The summed E-state index contributed by atoms with van der Waals surface area (Å²) in [6.45, 7) is 0. The molecule has 0 bridgehead atoms. The molecule has 0 aliphatic heterocycles. The van der Waals surface area contributed by atoms with Gasteiger partial charge in [0.2, 0.25) is 0 Å². The molecule has 1 aliphatic carbocycles. The van der Waals surface area contributed by atoms with Gasteiger partial charge in [-0.05, 0) is 24.8 Å². The average Bonchev–Trinajstić information content (AvgIpc) is 3.00. The van der Waals surface area contributed by atoms with Crippen LogP contribution < -0.4 is 0 Å². The van der Waals surface area contributed by atoms with Crippen molar-refractivity contribution in [3.05, 3.63) is 35.6 Å². The van der Waals surface area contributed by atoms with Crippen LogP contribution >= 0.6 is 15.9 Å². The first-order chi connectivity index (χ1) is 6.70. The molecule has 1 N–H and O–H groups in total. The second-order valence-corrected chi connectivity index (χ2v) is 4.74. The highest BCUT2D eigenvalue weighted by atomic mass is 79.9. The van der Waals surface area contributed by atoms with E-state index < -0.39 is 6.10 Å². The zero-order chi connectivity index (χ0) is 10.1. The van der Waals surface area contributed by atoms with Gasteiger partial charge in [-0.1, -0.05) is 34.1 Å². The van der Waals surface area contributed by atoms with Crippen LogP contribution in [0.4, 0.5) is 4.39 Å². The third-order valence-electron chi connectivity index (χ3n) is 2.61. The Labute approximate surface area is 91.1 Å². The van der Waals surface area contributed by atoms with Crippen molar-refractivity contribution in [1.82, 2.24) is 0 Å². The Morgan fingerprint density at radius 1 is 1.36 bits per heavy atom. The third kappa shape index (κ3) is 1.98. The first-order valence-corrected chi connectivity index (χ1v) is 5.68. The fraction of sp³-hybridized carbons (Fsp3) is 0.455. The van der Waals surface area contributed by atoms with Crippen LogP contribution in [0.25, 0.3) is 0 Å². The van der Waals surface area contributed by atoms with E-state index in [-0.39, 0.29) is 10.6 Å². The van der Waals surface area contributed by atoms with E-state index >= 15 is 0 Å². The van der Waals surface area contributed by atoms with Crippen molar-refractivity contribution in [2.24, 2.45) is 5.92 Å². The first-order valence-electron chi connectivity index (χ1n) is 4.76. The maximum absolute atomic E-state index is 13.3. The summed E-state index contributed by atoms with van der Waals surface area (Å²) < 4.78 is 13.3. The Hall–Kier alpha value is -0.410. The fourth-order valence-corrected chi connectivity index (χ4v) is 2.36. The van der Waals surface area contributed by atoms with E-state index in [2.05, 4.69) is 15.9 Å². The Morgan fingerprint density at radius 3 is 2.57 bits per heavy atom. The van der Waals surface area contributed by atoms with Gasteiger partial charge in [0, 0.05) is 5.56 Å². The number of aliphatic hydroxyl groups excluding tert-OH is 1. The molecule has 3 heteroatoms. The second-order valence-electron chi connectivity index (χ2n) is 3.75. The molecule has 1 nitrogen and oxygen atoms in total. The molecule has 1 aromatic carbocycles. The third-order valence-corrected chi connectivity index (χ3v) is 3.64. The molecule has 1 saturated carbocycles. The van der Waals surface area contributed by atoms with E-state index in [0.717, 1.165) is 12.8 Å². The summed E-state index contributed by atoms with van der Waals surface area (Å²) in [4.78, 5) is -0.281. The van der Waals surface area contributed by atoms with Gasteiger partial charge in [0.05, 0.1) is 10.9 Å². The van der Waals surface area contributed by atoms with Crippen LogP contribution in [0.5, 0.6) is 0 Å². The van der Waals surface area contributed by atoms with Crippen LogP contribution in [0.3, 0.4) is 0 Å². The highest BCUT2D eigenvalue weighted by Gasteiger charge is 2.35. The molecule has 1 fully saturated rings. The molecule has 2 atom stereocenters. The smallest absolute Gasteiger partial charge is 0.127 e. The first kappa shape index (κ1) is 10.1. The number of aliphatic hydroxyl groups is 1. The standard InChI is InChI=1S/C11H12BrFO/c12-10(11(14)7-5-6-7)8-3-1-2-4-9(8)13/h1-4,7,10-11,14H,5-6H2. The Morgan fingerprint density at radius 2 is 2.00 bits per heavy atom. The normalized spacial score (nSPS) is 20.5. The lowest BCUT2D eigenvalue weighted by Gasteiger charge is -2.17. The van der Waals surface area contributed by atoms with Crippen molar-refractivity contribution in [2.75, 3.05) is 0 Å². The Bertz CT molecular complexity index is 325. The van der Waals surface area contributed by atoms with Crippen molar-refractivity contribution in [1.29, 1.82) is 0 Å². The van der Waals surface area contributed by atoms with Crippen LogP contribution in [0, 0.1) is 11.7 Å². The molecule has 0 aromatic heterocycles. The number of rotatable bonds is 3. The lowest BCUT2D eigenvalue weighted by atomic mass is 10.0. The highest BCUT2D eigenvalue weighted by molar-refractivity contribution is 9.09. The molecule has 0 radical (unpaired) electrons. The zero-order valence-corrected chi connectivity index (χ0v) is 9.24.